The number of benzene rings is 2. The van der Waals surface area contributed by atoms with Gasteiger partial charge < -0.3 is 14.8 Å². The van der Waals surface area contributed by atoms with Gasteiger partial charge in [-0.15, -0.1) is 0 Å². The van der Waals surface area contributed by atoms with Gasteiger partial charge >= 0.3 is 0 Å². The Kier molecular flexibility index (Phi) is 5.50. The molecule has 6 rings (SSSR count). The monoisotopic (exact) mass is 442 g/mol. The topological polar surface area (TPSA) is 51.6 Å². The largest absolute Gasteiger partial charge is 0.483 e. The molecular weight excluding hydrogens is 412 g/mol. The zero-order chi connectivity index (χ0) is 22.2. The molecule has 2 aromatic carbocycles. The molecule has 1 unspecified atom stereocenters. The molecule has 0 radical (unpaired) electrons. The van der Waals surface area contributed by atoms with E-state index in [1.54, 1.807) is 0 Å². The van der Waals surface area contributed by atoms with Gasteiger partial charge in [0.05, 0.1) is 24.6 Å². The highest BCUT2D eigenvalue weighted by molar-refractivity contribution is 5.75. The zero-order valence-corrected chi connectivity index (χ0v) is 19.1. The molecule has 0 bridgehead atoms. The lowest BCUT2D eigenvalue weighted by molar-refractivity contribution is 0.0337. The van der Waals surface area contributed by atoms with Crippen LogP contribution in [0.4, 0.5) is 0 Å². The molecule has 1 fully saturated rings. The maximum atomic E-state index is 6.14. The van der Waals surface area contributed by atoms with Crippen molar-refractivity contribution in [2.24, 2.45) is 0 Å². The number of nitrogens with one attached hydrogen (secondary N) is 1. The van der Waals surface area contributed by atoms with Crippen LogP contribution in [0.3, 0.4) is 0 Å². The minimum Gasteiger partial charge on any atom is -0.483 e. The summed E-state index contributed by atoms with van der Waals surface area (Å²) < 4.78 is 13.8. The highest BCUT2D eigenvalue weighted by atomic mass is 16.5. The Labute approximate surface area is 194 Å². The molecular formula is C27H30N4O2. The van der Waals surface area contributed by atoms with Crippen LogP contribution in [0, 0.1) is 0 Å². The SMILES string of the molecule is CC1CC(c2cccc(-c3ccc4c(c3)OCc3nc(CN5CCOCC5)cn3-4)c2)=CCN1. The average molecular weight is 443 g/mol. The maximum Gasteiger partial charge on any atom is 0.151 e. The summed E-state index contributed by atoms with van der Waals surface area (Å²) in [5.41, 5.74) is 7.28. The Morgan fingerprint density at radius 3 is 2.79 bits per heavy atom. The van der Waals surface area contributed by atoms with Crippen molar-refractivity contribution in [3.8, 4) is 22.6 Å². The quantitative estimate of drug-likeness (QED) is 0.661. The number of rotatable bonds is 4. The second kappa shape index (κ2) is 8.78. The van der Waals surface area contributed by atoms with Crippen LogP contribution in [0.5, 0.6) is 5.75 Å². The molecule has 4 heterocycles. The molecule has 0 amide bonds. The molecule has 0 aliphatic carbocycles. The third-order valence-corrected chi connectivity index (χ3v) is 6.80. The molecule has 1 saturated heterocycles. The lowest BCUT2D eigenvalue weighted by atomic mass is 9.93. The van der Waals surface area contributed by atoms with Crippen LogP contribution in [0.1, 0.15) is 30.4 Å². The van der Waals surface area contributed by atoms with Crippen LogP contribution >= 0.6 is 0 Å². The summed E-state index contributed by atoms with van der Waals surface area (Å²) in [4.78, 5) is 7.24. The van der Waals surface area contributed by atoms with Gasteiger partial charge in [0.15, 0.2) is 5.82 Å². The minimum atomic E-state index is 0.497. The molecule has 3 aliphatic heterocycles. The van der Waals surface area contributed by atoms with Gasteiger partial charge in [-0.25, -0.2) is 4.98 Å². The number of fused-ring (bicyclic) bond motifs is 3. The van der Waals surface area contributed by atoms with Crippen LogP contribution in [-0.4, -0.2) is 53.3 Å². The van der Waals surface area contributed by atoms with Crippen LogP contribution < -0.4 is 10.1 Å². The molecule has 1 N–H and O–H groups in total. The Morgan fingerprint density at radius 1 is 1.06 bits per heavy atom. The molecule has 3 aromatic rings. The van der Waals surface area contributed by atoms with Crippen molar-refractivity contribution in [2.45, 2.75) is 32.5 Å². The van der Waals surface area contributed by atoms with Crippen molar-refractivity contribution >= 4 is 5.57 Å². The summed E-state index contributed by atoms with van der Waals surface area (Å²) in [5.74, 6) is 1.88. The molecule has 0 spiro atoms. The van der Waals surface area contributed by atoms with Gasteiger partial charge in [0.25, 0.3) is 0 Å². The Hall–Kier alpha value is -2.93. The van der Waals surface area contributed by atoms with Gasteiger partial charge in [-0.05, 0) is 53.8 Å². The Morgan fingerprint density at radius 2 is 1.91 bits per heavy atom. The molecule has 170 valence electrons. The number of ether oxygens (including phenoxy) is 2. The second-order valence-electron chi connectivity index (χ2n) is 9.20. The smallest absolute Gasteiger partial charge is 0.151 e. The first-order valence-electron chi connectivity index (χ1n) is 11.9. The lowest BCUT2D eigenvalue weighted by Crippen LogP contribution is -2.35. The third-order valence-electron chi connectivity index (χ3n) is 6.80. The molecule has 6 nitrogen and oxygen atoms in total. The van der Waals surface area contributed by atoms with Crippen molar-refractivity contribution in [1.29, 1.82) is 0 Å². The molecule has 1 aromatic heterocycles. The number of hydrogen-bond acceptors (Lipinski definition) is 5. The summed E-state index contributed by atoms with van der Waals surface area (Å²) in [6.07, 6.45) is 5.54. The first-order chi connectivity index (χ1) is 16.2. The van der Waals surface area contributed by atoms with E-state index in [-0.39, 0.29) is 0 Å². The van der Waals surface area contributed by atoms with E-state index in [2.05, 4.69) is 76.4 Å². The van der Waals surface area contributed by atoms with E-state index in [1.807, 2.05) is 0 Å². The van der Waals surface area contributed by atoms with E-state index >= 15 is 0 Å². The second-order valence-corrected chi connectivity index (χ2v) is 9.20. The zero-order valence-electron chi connectivity index (χ0n) is 19.1. The normalized spacial score (nSPS) is 20.5. The van der Waals surface area contributed by atoms with Gasteiger partial charge in [-0.2, -0.15) is 0 Å². The van der Waals surface area contributed by atoms with E-state index < -0.39 is 0 Å². The molecule has 1 atom stereocenters. The van der Waals surface area contributed by atoms with Crippen molar-refractivity contribution in [3.63, 3.8) is 0 Å². The van der Waals surface area contributed by atoms with Crippen molar-refractivity contribution in [3.05, 3.63) is 71.8 Å². The van der Waals surface area contributed by atoms with Gasteiger partial charge in [0, 0.05) is 38.4 Å². The first kappa shape index (κ1) is 20.7. The van der Waals surface area contributed by atoms with Crippen LogP contribution in [0.25, 0.3) is 22.4 Å². The highest BCUT2D eigenvalue weighted by Crippen LogP contribution is 2.35. The van der Waals surface area contributed by atoms with Crippen LogP contribution in [0.15, 0.2) is 54.7 Å². The van der Waals surface area contributed by atoms with E-state index in [1.165, 1.54) is 22.3 Å². The van der Waals surface area contributed by atoms with E-state index in [4.69, 9.17) is 14.5 Å². The van der Waals surface area contributed by atoms with E-state index in [0.717, 1.165) is 68.8 Å². The number of aromatic nitrogens is 2. The van der Waals surface area contributed by atoms with Gasteiger partial charge in [0.2, 0.25) is 0 Å². The minimum absolute atomic E-state index is 0.497. The van der Waals surface area contributed by atoms with Gasteiger partial charge in [-0.1, -0.05) is 30.3 Å². The fourth-order valence-corrected chi connectivity index (χ4v) is 5.00. The van der Waals surface area contributed by atoms with Gasteiger partial charge in [-0.3, -0.25) is 9.47 Å². The number of morpholine rings is 1. The fourth-order valence-electron chi connectivity index (χ4n) is 5.00. The van der Waals surface area contributed by atoms with E-state index in [9.17, 15) is 0 Å². The number of hydrogen-bond donors (Lipinski definition) is 1. The number of nitrogens with zero attached hydrogens (tertiary/aromatic N) is 3. The predicted octanol–water partition coefficient (Wildman–Crippen LogP) is 4.03. The predicted molar refractivity (Wildman–Crippen MR) is 129 cm³/mol. The van der Waals surface area contributed by atoms with Crippen molar-refractivity contribution in [1.82, 2.24) is 19.8 Å². The van der Waals surface area contributed by atoms with E-state index in [0.29, 0.717) is 12.6 Å². The van der Waals surface area contributed by atoms with Crippen LogP contribution in [-0.2, 0) is 17.9 Å². The van der Waals surface area contributed by atoms with Crippen LogP contribution in [0.2, 0.25) is 0 Å². The lowest BCUT2D eigenvalue weighted by Gasteiger charge is -2.25. The molecule has 33 heavy (non-hydrogen) atoms. The Bertz CT molecular complexity index is 1190. The summed E-state index contributed by atoms with van der Waals surface area (Å²) in [6.45, 7) is 8.06. The average Bonchev–Trinajstić information content (AvgIpc) is 3.27. The summed E-state index contributed by atoms with van der Waals surface area (Å²) in [7, 11) is 0. The highest BCUT2D eigenvalue weighted by Gasteiger charge is 2.22. The summed E-state index contributed by atoms with van der Waals surface area (Å²) >= 11 is 0. The first-order valence-corrected chi connectivity index (χ1v) is 11.9. The Balaban J connectivity index is 1.26. The maximum absolute atomic E-state index is 6.14. The van der Waals surface area contributed by atoms with Crippen molar-refractivity contribution < 1.29 is 9.47 Å². The summed E-state index contributed by atoms with van der Waals surface area (Å²) in [6, 6.07) is 15.9. The molecule has 0 saturated carbocycles. The summed E-state index contributed by atoms with van der Waals surface area (Å²) in [5, 5.41) is 3.49. The standard InChI is InChI=1S/C27H30N4O2/c1-19-13-23(7-8-28-19)21-4-2-3-20(14-21)22-5-6-25-26(15-22)33-18-27-29-24(17-31(25)27)16-30-9-11-32-12-10-30/h2-7,14-15,17,19,28H,8-13,16,18H2,1H3. The molecule has 6 heteroatoms. The molecule has 3 aliphatic rings. The number of imidazole rings is 1. The third kappa shape index (κ3) is 4.22. The van der Waals surface area contributed by atoms with Gasteiger partial charge in [0.1, 0.15) is 12.4 Å². The van der Waals surface area contributed by atoms with Crippen molar-refractivity contribution in [2.75, 3.05) is 32.8 Å². The fraction of sp³-hybridized carbons (Fsp3) is 0.370.